The predicted molar refractivity (Wildman–Crippen MR) is 92.9 cm³/mol. The molecule has 0 amide bonds. The van der Waals surface area contributed by atoms with Crippen LogP contribution in [-0.2, 0) is 9.84 Å². The molecule has 130 valence electrons. The summed E-state index contributed by atoms with van der Waals surface area (Å²) < 4.78 is 43.7. The molecule has 0 saturated carbocycles. The standard InChI is InChI=1S/C17H19ClFNO3S/c1-3-15(20)13-9-10-14(18)17(16(13)19)23-11-5-7-12(8-6-11)24(21,22)4-2/h5-10,15H,3-4,20H2,1-2H3/t15-/m1/s1. The highest BCUT2D eigenvalue weighted by Crippen LogP contribution is 2.36. The van der Waals surface area contributed by atoms with Gasteiger partial charge in [0.1, 0.15) is 5.75 Å². The average molecular weight is 372 g/mol. The molecule has 0 aliphatic rings. The van der Waals surface area contributed by atoms with Gasteiger partial charge in [-0.25, -0.2) is 12.8 Å². The zero-order valence-corrected chi connectivity index (χ0v) is 15.0. The summed E-state index contributed by atoms with van der Waals surface area (Å²) in [6.07, 6.45) is 0.571. The summed E-state index contributed by atoms with van der Waals surface area (Å²) in [5.41, 5.74) is 6.21. The summed E-state index contributed by atoms with van der Waals surface area (Å²) in [5, 5.41) is 0.116. The Morgan fingerprint density at radius 2 is 1.79 bits per heavy atom. The highest BCUT2D eigenvalue weighted by Gasteiger charge is 2.19. The first kappa shape index (κ1) is 18.7. The van der Waals surface area contributed by atoms with Gasteiger partial charge in [0.05, 0.1) is 15.7 Å². The first-order valence-corrected chi connectivity index (χ1v) is 9.57. The number of ether oxygens (including phenoxy) is 1. The molecule has 4 nitrogen and oxygen atoms in total. The monoisotopic (exact) mass is 371 g/mol. The van der Waals surface area contributed by atoms with E-state index in [-0.39, 0.29) is 27.2 Å². The van der Waals surface area contributed by atoms with Gasteiger partial charge >= 0.3 is 0 Å². The van der Waals surface area contributed by atoms with Gasteiger partial charge in [0.15, 0.2) is 21.4 Å². The molecule has 24 heavy (non-hydrogen) atoms. The third-order valence-electron chi connectivity index (χ3n) is 3.70. The molecule has 0 saturated heterocycles. The third-order valence-corrected chi connectivity index (χ3v) is 5.75. The lowest BCUT2D eigenvalue weighted by atomic mass is 10.0. The average Bonchev–Trinajstić information content (AvgIpc) is 2.58. The molecule has 2 aromatic carbocycles. The quantitative estimate of drug-likeness (QED) is 0.813. The molecule has 2 aromatic rings. The SMILES string of the molecule is CC[C@@H](N)c1ccc(Cl)c(Oc2ccc(S(=O)(=O)CC)cc2)c1F. The molecule has 0 aliphatic carbocycles. The molecule has 2 rings (SSSR count). The number of nitrogens with two attached hydrogens (primary N) is 1. The van der Waals surface area contributed by atoms with Crippen LogP contribution in [0.3, 0.4) is 0 Å². The number of sulfone groups is 1. The molecule has 0 spiro atoms. The van der Waals surface area contributed by atoms with E-state index in [1.54, 1.807) is 6.92 Å². The maximum absolute atomic E-state index is 14.6. The predicted octanol–water partition coefficient (Wildman–Crippen LogP) is 4.47. The second-order valence-electron chi connectivity index (χ2n) is 5.27. The molecular weight excluding hydrogens is 353 g/mol. The van der Waals surface area contributed by atoms with Gasteiger partial charge in [0, 0.05) is 11.6 Å². The topological polar surface area (TPSA) is 69.4 Å². The van der Waals surface area contributed by atoms with Gasteiger partial charge in [-0.05, 0) is 36.8 Å². The van der Waals surface area contributed by atoms with Crippen LogP contribution >= 0.6 is 11.6 Å². The normalized spacial score (nSPS) is 12.9. The van der Waals surface area contributed by atoms with Gasteiger partial charge in [0.25, 0.3) is 0 Å². The highest BCUT2D eigenvalue weighted by atomic mass is 35.5. The van der Waals surface area contributed by atoms with Crippen LogP contribution in [0, 0.1) is 5.82 Å². The highest BCUT2D eigenvalue weighted by molar-refractivity contribution is 7.91. The molecule has 0 bridgehead atoms. The summed E-state index contributed by atoms with van der Waals surface area (Å²) in [5.74, 6) is -0.440. The van der Waals surface area contributed by atoms with Crippen molar-refractivity contribution >= 4 is 21.4 Å². The summed E-state index contributed by atoms with van der Waals surface area (Å²) in [6, 6.07) is 8.37. The summed E-state index contributed by atoms with van der Waals surface area (Å²) in [4.78, 5) is 0.186. The molecule has 2 N–H and O–H groups in total. The minimum atomic E-state index is -3.30. The van der Waals surface area contributed by atoms with Crippen molar-refractivity contribution in [3.8, 4) is 11.5 Å². The third kappa shape index (κ3) is 3.88. The Morgan fingerprint density at radius 3 is 2.33 bits per heavy atom. The van der Waals surface area contributed by atoms with Crippen LogP contribution in [0.5, 0.6) is 11.5 Å². The summed E-state index contributed by atoms with van der Waals surface area (Å²) in [6.45, 7) is 3.42. The van der Waals surface area contributed by atoms with Gasteiger partial charge in [-0.3, -0.25) is 0 Å². The van der Waals surface area contributed by atoms with E-state index >= 15 is 0 Å². The van der Waals surface area contributed by atoms with Crippen LogP contribution in [0.4, 0.5) is 4.39 Å². The van der Waals surface area contributed by atoms with E-state index < -0.39 is 21.7 Å². The number of rotatable bonds is 6. The Kier molecular flexibility index (Phi) is 5.85. The Bertz CT molecular complexity index is 822. The first-order valence-electron chi connectivity index (χ1n) is 7.54. The van der Waals surface area contributed by atoms with Crippen molar-refractivity contribution in [2.45, 2.75) is 31.2 Å². The van der Waals surface area contributed by atoms with Crippen molar-refractivity contribution in [2.24, 2.45) is 5.73 Å². The lowest BCUT2D eigenvalue weighted by molar-refractivity contribution is 0.434. The van der Waals surface area contributed by atoms with E-state index in [9.17, 15) is 12.8 Å². The van der Waals surface area contributed by atoms with E-state index in [1.807, 2.05) is 6.92 Å². The smallest absolute Gasteiger partial charge is 0.181 e. The van der Waals surface area contributed by atoms with Crippen LogP contribution in [-0.4, -0.2) is 14.2 Å². The van der Waals surface area contributed by atoms with Gasteiger partial charge in [-0.15, -0.1) is 0 Å². The maximum Gasteiger partial charge on any atom is 0.181 e. The van der Waals surface area contributed by atoms with Crippen molar-refractivity contribution < 1.29 is 17.5 Å². The minimum absolute atomic E-state index is 0.00457. The molecule has 0 aromatic heterocycles. The molecule has 1 atom stereocenters. The van der Waals surface area contributed by atoms with Crippen molar-refractivity contribution in [1.29, 1.82) is 0 Å². The summed E-state index contributed by atoms with van der Waals surface area (Å²) in [7, 11) is -3.30. The zero-order valence-electron chi connectivity index (χ0n) is 13.4. The van der Waals surface area contributed by atoms with E-state index in [0.29, 0.717) is 12.0 Å². The molecule has 0 fully saturated rings. The van der Waals surface area contributed by atoms with Crippen LogP contribution < -0.4 is 10.5 Å². The van der Waals surface area contributed by atoms with Gasteiger partial charge in [-0.1, -0.05) is 31.5 Å². The number of hydrogen-bond donors (Lipinski definition) is 1. The largest absolute Gasteiger partial charge is 0.453 e. The van der Waals surface area contributed by atoms with E-state index in [0.717, 1.165) is 0 Å². The van der Waals surface area contributed by atoms with E-state index in [4.69, 9.17) is 22.1 Å². The van der Waals surface area contributed by atoms with Crippen molar-refractivity contribution in [1.82, 2.24) is 0 Å². The summed E-state index contributed by atoms with van der Waals surface area (Å²) >= 11 is 6.02. The van der Waals surface area contributed by atoms with Gasteiger partial charge in [0.2, 0.25) is 0 Å². The number of halogens is 2. The Balaban J connectivity index is 2.35. The Labute approximate surface area is 146 Å². The second kappa shape index (κ2) is 7.51. The van der Waals surface area contributed by atoms with Crippen LogP contribution in [0.15, 0.2) is 41.3 Å². The van der Waals surface area contributed by atoms with Crippen LogP contribution in [0.2, 0.25) is 5.02 Å². The lowest BCUT2D eigenvalue weighted by Gasteiger charge is -2.15. The van der Waals surface area contributed by atoms with Crippen LogP contribution in [0.1, 0.15) is 31.9 Å². The van der Waals surface area contributed by atoms with E-state index in [1.165, 1.54) is 36.4 Å². The van der Waals surface area contributed by atoms with E-state index in [2.05, 4.69) is 0 Å². The molecule has 0 heterocycles. The van der Waals surface area contributed by atoms with Crippen molar-refractivity contribution in [3.05, 3.63) is 52.8 Å². The fourth-order valence-corrected chi connectivity index (χ4v) is 3.22. The second-order valence-corrected chi connectivity index (χ2v) is 7.96. The fourth-order valence-electron chi connectivity index (χ4n) is 2.15. The zero-order chi connectivity index (χ0) is 17.9. The minimum Gasteiger partial charge on any atom is -0.453 e. The van der Waals surface area contributed by atoms with Gasteiger partial charge in [-0.2, -0.15) is 0 Å². The lowest BCUT2D eigenvalue weighted by Crippen LogP contribution is -2.11. The molecule has 0 radical (unpaired) electrons. The molecule has 7 heteroatoms. The van der Waals surface area contributed by atoms with Gasteiger partial charge < -0.3 is 10.5 Å². The van der Waals surface area contributed by atoms with Crippen LogP contribution in [0.25, 0.3) is 0 Å². The number of benzene rings is 2. The molecule has 0 aliphatic heterocycles. The molecule has 0 unspecified atom stereocenters. The molecular formula is C17H19ClFNO3S. The van der Waals surface area contributed by atoms with Crippen molar-refractivity contribution in [3.63, 3.8) is 0 Å². The maximum atomic E-state index is 14.6. The Morgan fingerprint density at radius 1 is 1.17 bits per heavy atom. The first-order chi connectivity index (χ1) is 11.3. The van der Waals surface area contributed by atoms with Crippen molar-refractivity contribution in [2.75, 3.05) is 5.75 Å². The Hall–Kier alpha value is -1.63. The number of hydrogen-bond acceptors (Lipinski definition) is 4. The fraction of sp³-hybridized carbons (Fsp3) is 0.294.